The summed E-state index contributed by atoms with van der Waals surface area (Å²) in [4.78, 5) is 45.0. The smallest absolute Gasteiger partial charge is 0.459 e. The van der Waals surface area contributed by atoms with Crippen LogP contribution in [0.1, 0.15) is 63.1 Å². The fraction of sp³-hybridized carbons (Fsp3) is 0.559. The fourth-order valence-electron chi connectivity index (χ4n) is 6.80. The van der Waals surface area contributed by atoms with Gasteiger partial charge in [-0.2, -0.15) is 13.2 Å². The zero-order valence-electron chi connectivity index (χ0n) is 26.3. The number of amides is 3. The normalized spacial score (nSPS) is 21.1. The van der Waals surface area contributed by atoms with E-state index in [1.54, 1.807) is 4.90 Å². The van der Waals surface area contributed by atoms with E-state index in [1.165, 1.54) is 0 Å². The summed E-state index contributed by atoms with van der Waals surface area (Å²) in [5, 5.41) is 0. The van der Waals surface area contributed by atoms with Gasteiger partial charge in [-0.05, 0) is 88.1 Å². The maximum atomic E-state index is 13.6. The molecule has 5 rings (SSSR count). The van der Waals surface area contributed by atoms with Crippen molar-refractivity contribution < 1.29 is 32.3 Å². The maximum Gasteiger partial charge on any atom is 0.471 e. The van der Waals surface area contributed by atoms with Gasteiger partial charge in [0, 0.05) is 50.5 Å². The van der Waals surface area contributed by atoms with E-state index in [-0.39, 0.29) is 43.7 Å². The van der Waals surface area contributed by atoms with Gasteiger partial charge >= 0.3 is 24.1 Å². The van der Waals surface area contributed by atoms with Gasteiger partial charge in [0.25, 0.3) is 0 Å². The van der Waals surface area contributed by atoms with Crippen LogP contribution in [0.4, 0.5) is 23.7 Å². The van der Waals surface area contributed by atoms with Crippen molar-refractivity contribution in [2.45, 2.75) is 89.7 Å². The number of urea groups is 1. The molecular formula is C34H43F3N4O4. The second-order valence-corrected chi connectivity index (χ2v) is 13.3. The minimum atomic E-state index is -4.88. The number of alkyl halides is 3. The maximum absolute atomic E-state index is 13.6. The van der Waals surface area contributed by atoms with Crippen LogP contribution >= 0.6 is 0 Å². The number of hydrogen-bond acceptors (Lipinski definition) is 5. The summed E-state index contributed by atoms with van der Waals surface area (Å²) < 4.78 is 44.6. The zero-order valence-corrected chi connectivity index (χ0v) is 26.3. The lowest BCUT2D eigenvalue weighted by molar-refractivity contribution is -0.185. The Kier molecular flexibility index (Phi) is 9.77. The molecule has 2 aliphatic heterocycles. The van der Waals surface area contributed by atoms with Crippen LogP contribution in [0.5, 0.6) is 0 Å². The highest BCUT2D eigenvalue weighted by atomic mass is 19.4. The third-order valence-electron chi connectivity index (χ3n) is 8.98. The van der Waals surface area contributed by atoms with Crippen LogP contribution in [-0.2, 0) is 33.7 Å². The lowest BCUT2D eigenvalue weighted by Gasteiger charge is -2.39. The summed E-state index contributed by atoms with van der Waals surface area (Å²) in [5.41, 5.74) is 3.09. The first-order valence-corrected chi connectivity index (χ1v) is 15.8. The minimum Gasteiger partial charge on any atom is -0.459 e. The van der Waals surface area contributed by atoms with E-state index in [2.05, 4.69) is 17.0 Å². The Bertz CT molecular complexity index is 1370. The fourth-order valence-corrected chi connectivity index (χ4v) is 6.80. The molecular weight excluding hydrogens is 585 g/mol. The van der Waals surface area contributed by atoms with Gasteiger partial charge < -0.3 is 14.5 Å². The van der Waals surface area contributed by atoms with Crippen molar-refractivity contribution in [3.05, 3.63) is 65.2 Å². The molecule has 0 atom stereocenters. The van der Waals surface area contributed by atoms with Crippen molar-refractivity contribution in [1.82, 2.24) is 14.7 Å². The summed E-state index contributed by atoms with van der Waals surface area (Å²) in [6, 6.07) is 15.9. The van der Waals surface area contributed by atoms with Crippen molar-refractivity contribution in [2.24, 2.45) is 0 Å². The van der Waals surface area contributed by atoms with Crippen LogP contribution in [0.25, 0.3) is 0 Å². The molecule has 2 aromatic carbocycles. The average Bonchev–Trinajstić information content (AvgIpc) is 3.24. The SMILES string of the molecule is CC(C)(C)OC(=O)CN(Cc1ccccc1)C1CCC(N2CCN(c3ccc4c(c3)CCN(C(=O)C(F)(F)F)CC4)C2=O)CC1. The van der Waals surface area contributed by atoms with Gasteiger partial charge in [-0.3, -0.25) is 19.4 Å². The topological polar surface area (TPSA) is 73.4 Å². The molecule has 0 N–H and O–H groups in total. The molecule has 0 bridgehead atoms. The molecule has 1 saturated heterocycles. The highest BCUT2D eigenvalue weighted by Crippen LogP contribution is 2.33. The summed E-state index contributed by atoms with van der Waals surface area (Å²) in [6.07, 6.45) is -0.857. The lowest BCUT2D eigenvalue weighted by Crippen LogP contribution is -2.47. The number of rotatable bonds is 7. The molecule has 0 radical (unpaired) electrons. The largest absolute Gasteiger partial charge is 0.471 e. The second kappa shape index (κ2) is 13.4. The lowest BCUT2D eigenvalue weighted by atomic mass is 9.89. The van der Waals surface area contributed by atoms with Crippen molar-refractivity contribution in [3.8, 4) is 0 Å². The van der Waals surface area contributed by atoms with E-state index in [0.29, 0.717) is 32.5 Å². The summed E-state index contributed by atoms with van der Waals surface area (Å²) in [6.45, 7) is 7.61. The molecule has 45 heavy (non-hydrogen) atoms. The van der Waals surface area contributed by atoms with E-state index in [1.807, 2.05) is 62.1 Å². The first kappa shape index (κ1) is 32.8. The Hall–Kier alpha value is -3.60. The predicted octanol–water partition coefficient (Wildman–Crippen LogP) is 5.57. The average molecular weight is 629 g/mol. The van der Waals surface area contributed by atoms with Crippen LogP contribution in [0, 0.1) is 0 Å². The first-order chi connectivity index (χ1) is 21.3. The quantitative estimate of drug-likeness (QED) is 0.375. The van der Waals surface area contributed by atoms with Crippen molar-refractivity contribution >= 4 is 23.6 Å². The van der Waals surface area contributed by atoms with Crippen LogP contribution in [0.2, 0.25) is 0 Å². The van der Waals surface area contributed by atoms with Gasteiger partial charge in [-0.25, -0.2) is 4.79 Å². The zero-order chi connectivity index (χ0) is 32.4. The number of benzene rings is 2. The number of nitrogens with zero attached hydrogens (tertiary/aromatic N) is 4. The highest BCUT2D eigenvalue weighted by Gasteiger charge is 2.43. The van der Waals surface area contributed by atoms with E-state index in [4.69, 9.17) is 4.74 Å². The number of hydrogen-bond donors (Lipinski definition) is 0. The number of fused-ring (bicyclic) bond motifs is 1. The molecule has 2 heterocycles. The summed E-state index contributed by atoms with van der Waals surface area (Å²) in [5.74, 6) is -2.05. The molecule has 2 aromatic rings. The third-order valence-corrected chi connectivity index (χ3v) is 8.98. The molecule has 2 fully saturated rings. The number of anilines is 1. The van der Waals surface area contributed by atoms with E-state index in [0.717, 1.165) is 53.0 Å². The molecule has 0 spiro atoms. The van der Waals surface area contributed by atoms with Crippen LogP contribution in [0.15, 0.2) is 48.5 Å². The van der Waals surface area contributed by atoms with Crippen molar-refractivity contribution in [3.63, 3.8) is 0 Å². The Morgan fingerprint density at radius 1 is 0.889 bits per heavy atom. The van der Waals surface area contributed by atoms with Gasteiger partial charge in [0.15, 0.2) is 0 Å². The Labute approximate surface area is 263 Å². The second-order valence-electron chi connectivity index (χ2n) is 13.3. The number of ether oxygens (including phenoxy) is 1. The number of carbonyl (C=O) groups is 3. The molecule has 11 heteroatoms. The summed E-state index contributed by atoms with van der Waals surface area (Å²) >= 11 is 0. The standard InChI is InChI=1S/C34H43F3N4O4/c1-33(2,3)45-30(42)23-39(22-24-7-5-4-6-8-24)27-11-13-28(14-12-27)40-19-20-41(32(40)44)29-10-9-25-15-17-38(18-16-26(25)21-29)31(43)34(35,36)37/h4-10,21,27-28H,11-20,22-23H2,1-3H3. The number of esters is 1. The van der Waals surface area contributed by atoms with Gasteiger partial charge in [0.1, 0.15) is 5.60 Å². The van der Waals surface area contributed by atoms with E-state index < -0.39 is 17.7 Å². The first-order valence-electron chi connectivity index (χ1n) is 15.8. The van der Waals surface area contributed by atoms with Gasteiger partial charge in [-0.1, -0.05) is 36.4 Å². The molecule has 244 valence electrons. The molecule has 0 aromatic heterocycles. The van der Waals surface area contributed by atoms with Gasteiger partial charge in [-0.15, -0.1) is 0 Å². The Morgan fingerprint density at radius 3 is 2.20 bits per heavy atom. The van der Waals surface area contributed by atoms with Gasteiger partial charge in [0.05, 0.1) is 6.54 Å². The Balaban J connectivity index is 1.20. The molecule has 1 aliphatic carbocycles. The Morgan fingerprint density at radius 2 is 1.56 bits per heavy atom. The number of halogens is 3. The summed E-state index contributed by atoms with van der Waals surface area (Å²) in [7, 11) is 0. The molecule has 0 unspecified atom stereocenters. The van der Waals surface area contributed by atoms with Gasteiger partial charge in [0.2, 0.25) is 0 Å². The van der Waals surface area contributed by atoms with Crippen LogP contribution in [-0.4, -0.2) is 89.2 Å². The highest BCUT2D eigenvalue weighted by molar-refractivity contribution is 5.94. The number of carbonyl (C=O) groups excluding carboxylic acids is 3. The monoisotopic (exact) mass is 628 g/mol. The minimum absolute atomic E-state index is 0.00662. The van der Waals surface area contributed by atoms with E-state index >= 15 is 0 Å². The van der Waals surface area contributed by atoms with Crippen LogP contribution in [0.3, 0.4) is 0 Å². The third kappa shape index (κ3) is 8.17. The van der Waals surface area contributed by atoms with Crippen LogP contribution < -0.4 is 4.90 Å². The molecule has 8 nitrogen and oxygen atoms in total. The molecule has 3 aliphatic rings. The van der Waals surface area contributed by atoms with Crippen molar-refractivity contribution in [1.29, 1.82) is 0 Å². The molecule has 3 amide bonds. The predicted molar refractivity (Wildman–Crippen MR) is 165 cm³/mol. The van der Waals surface area contributed by atoms with E-state index in [9.17, 15) is 27.6 Å². The van der Waals surface area contributed by atoms with Crippen molar-refractivity contribution in [2.75, 3.05) is 37.6 Å². The molecule has 1 saturated carbocycles.